The molecule has 1 aliphatic heterocycles. The molecule has 2 heterocycles. The summed E-state index contributed by atoms with van der Waals surface area (Å²) >= 11 is 0. The van der Waals surface area contributed by atoms with Crippen molar-refractivity contribution in [2.45, 2.75) is 51.7 Å². The molecule has 122 valence electrons. The van der Waals surface area contributed by atoms with Crippen molar-refractivity contribution in [2.24, 2.45) is 5.41 Å². The zero-order valence-corrected chi connectivity index (χ0v) is 13.3. The van der Waals surface area contributed by atoms with Crippen LogP contribution in [-0.2, 0) is 11.3 Å². The molecule has 6 heteroatoms. The van der Waals surface area contributed by atoms with Gasteiger partial charge in [-0.05, 0) is 32.6 Å². The number of aliphatic hydroxyl groups is 1. The van der Waals surface area contributed by atoms with Crippen LogP contribution in [0.25, 0.3) is 0 Å². The Morgan fingerprint density at radius 3 is 3.00 bits per heavy atom. The number of aryl methyl sites for hydroxylation is 1. The molecule has 1 saturated heterocycles. The van der Waals surface area contributed by atoms with Gasteiger partial charge in [0.1, 0.15) is 5.76 Å². The molecule has 2 atom stereocenters. The van der Waals surface area contributed by atoms with E-state index in [0.29, 0.717) is 17.9 Å². The Kier molecular flexibility index (Phi) is 4.23. The smallest absolute Gasteiger partial charge is 0.276 e. The summed E-state index contributed by atoms with van der Waals surface area (Å²) in [5.74, 6) is 0.370. The number of rotatable bonds is 3. The highest BCUT2D eigenvalue weighted by Gasteiger charge is 2.47. The van der Waals surface area contributed by atoms with Crippen LogP contribution in [0.2, 0.25) is 0 Å². The lowest BCUT2D eigenvalue weighted by molar-refractivity contribution is -0.0297. The van der Waals surface area contributed by atoms with Gasteiger partial charge in [-0.3, -0.25) is 4.79 Å². The Morgan fingerprint density at radius 1 is 1.50 bits per heavy atom. The fraction of sp³-hybridized carbons (Fsp3) is 0.750. The Bertz CT molecular complexity index is 556. The first-order chi connectivity index (χ1) is 10.6. The van der Waals surface area contributed by atoms with Crippen molar-refractivity contribution in [3.63, 3.8) is 0 Å². The maximum absolute atomic E-state index is 12.8. The molecule has 0 unspecified atom stereocenters. The van der Waals surface area contributed by atoms with Gasteiger partial charge in [0.05, 0.1) is 18.3 Å². The molecule has 1 amide bonds. The average Bonchev–Trinajstić information content (AvgIpc) is 3.09. The van der Waals surface area contributed by atoms with E-state index < -0.39 is 0 Å². The molecule has 1 aromatic rings. The monoisotopic (exact) mass is 308 g/mol. The van der Waals surface area contributed by atoms with Crippen LogP contribution in [0.5, 0.6) is 0 Å². The summed E-state index contributed by atoms with van der Waals surface area (Å²) in [6.45, 7) is 2.93. The molecule has 1 N–H and O–H groups in total. The zero-order chi connectivity index (χ0) is 15.7. The number of piperidine rings is 1. The fourth-order valence-corrected chi connectivity index (χ4v) is 4.17. The number of carbonyl (C=O) groups is 1. The van der Waals surface area contributed by atoms with Crippen LogP contribution in [0.15, 0.2) is 4.52 Å². The Labute approximate surface area is 130 Å². The van der Waals surface area contributed by atoms with Gasteiger partial charge in [-0.1, -0.05) is 11.6 Å². The molecule has 1 spiro atoms. The second-order valence-corrected chi connectivity index (χ2v) is 6.53. The first-order valence-electron chi connectivity index (χ1n) is 7.99. The molecule has 0 aromatic carbocycles. The Hall–Kier alpha value is -1.40. The van der Waals surface area contributed by atoms with Gasteiger partial charge in [-0.25, -0.2) is 0 Å². The molecule has 1 saturated carbocycles. The summed E-state index contributed by atoms with van der Waals surface area (Å²) < 4.78 is 10.8. The number of methoxy groups -OCH3 is 1. The van der Waals surface area contributed by atoms with E-state index in [9.17, 15) is 9.90 Å². The first kappa shape index (κ1) is 15.5. The molecular formula is C16H24N2O4. The van der Waals surface area contributed by atoms with Crippen molar-refractivity contribution in [1.82, 2.24) is 10.1 Å². The molecule has 2 aliphatic rings. The summed E-state index contributed by atoms with van der Waals surface area (Å²) in [6.07, 6.45) is 5.67. The topological polar surface area (TPSA) is 75.8 Å². The van der Waals surface area contributed by atoms with Crippen LogP contribution < -0.4 is 0 Å². The number of aromatic nitrogens is 1. The molecular weight excluding hydrogens is 284 g/mol. The standard InChI is InChI=1S/C16H24N2O4/c1-11-12(9-19)14(17-22-11)15(20)18-8-4-7-16(10-18)6-3-5-13(16)21-2/h13,19H,3-10H2,1-2H3/t13-,16-/m1/s1. The van der Waals surface area contributed by atoms with Crippen molar-refractivity contribution in [1.29, 1.82) is 0 Å². The molecule has 0 radical (unpaired) electrons. The Morgan fingerprint density at radius 2 is 2.27 bits per heavy atom. The number of aliphatic hydroxyl groups excluding tert-OH is 1. The maximum Gasteiger partial charge on any atom is 0.276 e. The summed E-state index contributed by atoms with van der Waals surface area (Å²) in [5.41, 5.74) is 0.837. The molecule has 0 bridgehead atoms. The zero-order valence-electron chi connectivity index (χ0n) is 13.3. The van der Waals surface area contributed by atoms with Crippen molar-refractivity contribution >= 4 is 5.91 Å². The molecule has 2 fully saturated rings. The van der Waals surface area contributed by atoms with Gasteiger partial charge in [0, 0.05) is 25.6 Å². The van der Waals surface area contributed by atoms with Crippen molar-refractivity contribution in [2.75, 3.05) is 20.2 Å². The number of nitrogens with zero attached hydrogens (tertiary/aromatic N) is 2. The van der Waals surface area contributed by atoms with Crippen LogP contribution >= 0.6 is 0 Å². The van der Waals surface area contributed by atoms with Crippen LogP contribution in [0.1, 0.15) is 53.9 Å². The summed E-state index contributed by atoms with van der Waals surface area (Å²) in [6, 6.07) is 0. The number of hydrogen-bond acceptors (Lipinski definition) is 5. The van der Waals surface area contributed by atoms with E-state index in [-0.39, 0.29) is 29.7 Å². The number of ether oxygens (including phenoxy) is 1. The molecule has 22 heavy (non-hydrogen) atoms. The first-order valence-corrected chi connectivity index (χ1v) is 7.99. The van der Waals surface area contributed by atoms with Gasteiger partial charge in [-0.2, -0.15) is 0 Å². The van der Waals surface area contributed by atoms with E-state index in [1.807, 2.05) is 4.90 Å². The largest absolute Gasteiger partial charge is 0.391 e. The molecule has 3 rings (SSSR count). The SMILES string of the molecule is CO[C@@H]1CCC[C@]12CCCN(C(=O)c1noc(C)c1CO)C2. The van der Waals surface area contributed by atoms with Crippen molar-refractivity contribution in [3.8, 4) is 0 Å². The summed E-state index contributed by atoms with van der Waals surface area (Å²) in [4.78, 5) is 14.6. The van der Waals surface area contributed by atoms with Gasteiger partial charge in [0.15, 0.2) is 5.69 Å². The van der Waals surface area contributed by atoms with Crippen molar-refractivity contribution < 1.29 is 19.2 Å². The summed E-state index contributed by atoms with van der Waals surface area (Å²) in [7, 11) is 1.77. The van der Waals surface area contributed by atoms with Gasteiger partial charge < -0.3 is 19.3 Å². The van der Waals surface area contributed by atoms with E-state index in [1.165, 1.54) is 0 Å². The van der Waals surface area contributed by atoms with E-state index in [0.717, 1.165) is 38.6 Å². The maximum atomic E-state index is 12.8. The highest BCUT2D eigenvalue weighted by atomic mass is 16.5. The van der Waals surface area contributed by atoms with Crippen LogP contribution in [0.3, 0.4) is 0 Å². The van der Waals surface area contributed by atoms with Crippen LogP contribution in [-0.4, -0.2) is 47.4 Å². The van der Waals surface area contributed by atoms with Gasteiger partial charge in [-0.15, -0.1) is 0 Å². The van der Waals surface area contributed by atoms with Crippen LogP contribution in [0.4, 0.5) is 0 Å². The third-order valence-corrected chi connectivity index (χ3v) is 5.35. The lowest BCUT2D eigenvalue weighted by Gasteiger charge is -2.43. The normalized spacial score (nSPS) is 28.5. The predicted molar refractivity (Wildman–Crippen MR) is 79.4 cm³/mol. The lowest BCUT2D eigenvalue weighted by Crippen LogP contribution is -2.50. The van der Waals surface area contributed by atoms with Gasteiger partial charge in [0.25, 0.3) is 5.91 Å². The van der Waals surface area contributed by atoms with E-state index in [4.69, 9.17) is 9.26 Å². The number of amides is 1. The highest BCUT2D eigenvalue weighted by molar-refractivity contribution is 5.93. The summed E-state index contributed by atoms with van der Waals surface area (Å²) in [5, 5.41) is 13.3. The quantitative estimate of drug-likeness (QED) is 0.923. The van der Waals surface area contributed by atoms with Crippen LogP contribution in [0, 0.1) is 12.3 Å². The fourth-order valence-electron chi connectivity index (χ4n) is 4.17. The second kappa shape index (κ2) is 6.01. The highest BCUT2D eigenvalue weighted by Crippen LogP contribution is 2.46. The minimum absolute atomic E-state index is 0.0841. The average molecular weight is 308 g/mol. The third-order valence-electron chi connectivity index (χ3n) is 5.35. The Balaban J connectivity index is 1.81. The van der Waals surface area contributed by atoms with E-state index in [1.54, 1.807) is 14.0 Å². The minimum Gasteiger partial charge on any atom is -0.391 e. The van der Waals surface area contributed by atoms with Gasteiger partial charge >= 0.3 is 0 Å². The number of carbonyl (C=O) groups excluding carboxylic acids is 1. The van der Waals surface area contributed by atoms with E-state index >= 15 is 0 Å². The predicted octanol–water partition coefficient (Wildman–Crippen LogP) is 1.90. The second-order valence-electron chi connectivity index (χ2n) is 6.53. The van der Waals surface area contributed by atoms with Gasteiger partial charge in [0.2, 0.25) is 0 Å². The van der Waals surface area contributed by atoms with E-state index in [2.05, 4.69) is 5.16 Å². The molecule has 1 aromatic heterocycles. The third kappa shape index (κ3) is 2.44. The number of hydrogen-bond donors (Lipinski definition) is 1. The molecule has 1 aliphatic carbocycles. The number of likely N-dealkylation sites (tertiary alicyclic amines) is 1. The minimum atomic E-state index is -0.226. The lowest BCUT2D eigenvalue weighted by atomic mass is 9.76. The molecule has 6 nitrogen and oxygen atoms in total. The van der Waals surface area contributed by atoms with Crippen molar-refractivity contribution in [3.05, 3.63) is 17.0 Å².